The Morgan fingerprint density at radius 3 is 2.39 bits per heavy atom. The zero-order valence-electron chi connectivity index (χ0n) is 19.9. The van der Waals surface area contributed by atoms with Gasteiger partial charge in [0.05, 0.1) is 27.0 Å². The lowest BCUT2D eigenvalue weighted by Crippen LogP contribution is -2.30. The first-order valence-electron chi connectivity index (χ1n) is 12.0. The summed E-state index contributed by atoms with van der Waals surface area (Å²) >= 11 is 12.7. The van der Waals surface area contributed by atoms with Crippen LogP contribution in [-0.4, -0.2) is 18.3 Å². The molecule has 5 rings (SSSR count). The van der Waals surface area contributed by atoms with Crippen molar-refractivity contribution in [3.63, 3.8) is 0 Å². The van der Waals surface area contributed by atoms with E-state index in [0.717, 1.165) is 35.3 Å². The Morgan fingerprint density at radius 2 is 1.72 bits per heavy atom. The number of nitrogens with zero attached hydrogens (tertiary/aromatic N) is 1. The average Bonchev–Trinajstić information content (AvgIpc) is 3.70. The van der Waals surface area contributed by atoms with E-state index in [0.29, 0.717) is 39.8 Å². The van der Waals surface area contributed by atoms with Gasteiger partial charge in [-0.05, 0) is 74.2 Å². The molecule has 3 aromatic rings. The number of anilines is 2. The van der Waals surface area contributed by atoms with Gasteiger partial charge in [0.25, 0.3) is 0 Å². The van der Waals surface area contributed by atoms with Gasteiger partial charge in [-0.3, -0.25) is 14.5 Å². The number of fused-ring (bicyclic) bond motifs is 1. The maximum atomic E-state index is 13.1. The molecule has 184 valence electrons. The summed E-state index contributed by atoms with van der Waals surface area (Å²) in [6, 6.07) is 18.7. The topological polar surface area (TPSA) is 72.6 Å². The minimum absolute atomic E-state index is 0.00210. The SMILES string of the molecule is Cc1ccc(N2C(=O)CCc3cc(OCC(C(=O)C4CC4)=C(N)c4c(Cl)cccc4Cl)ccc32)cc1. The van der Waals surface area contributed by atoms with Crippen LogP contribution in [0.15, 0.2) is 66.2 Å². The summed E-state index contributed by atoms with van der Waals surface area (Å²) in [6.45, 7) is 2.02. The number of ketones is 1. The quantitative estimate of drug-likeness (QED) is 0.354. The summed E-state index contributed by atoms with van der Waals surface area (Å²) in [5, 5.41) is 0.770. The van der Waals surface area contributed by atoms with Crippen molar-refractivity contribution in [2.75, 3.05) is 11.5 Å². The molecule has 1 amide bonds. The molecule has 2 aliphatic rings. The maximum absolute atomic E-state index is 13.1. The molecular weight excluding hydrogens is 495 g/mol. The Labute approximate surface area is 220 Å². The molecule has 2 N–H and O–H groups in total. The van der Waals surface area contributed by atoms with Crippen molar-refractivity contribution in [1.82, 2.24) is 0 Å². The van der Waals surface area contributed by atoms with Gasteiger partial charge in [0.2, 0.25) is 5.91 Å². The molecule has 7 heteroatoms. The predicted octanol–water partition coefficient (Wildman–Crippen LogP) is 6.64. The van der Waals surface area contributed by atoms with Crippen LogP contribution >= 0.6 is 23.2 Å². The van der Waals surface area contributed by atoms with E-state index >= 15 is 0 Å². The van der Waals surface area contributed by atoms with Gasteiger partial charge in [-0.25, -0.2) is 0 Å². The summed E-state index contributed by atoms with van der Waals surface area (Å²) in [4.78, 5) is 27.6. The number of rotatable bonds is 7. The van der Waals surface area contributed by atoms with Crippen LogP contribution in [0.1, 0.15) is 36.0 Å². The van der Waals surface area contributed by atoms with E-state index in [2.05, 4.69) is 0 Å². The van der Waals surface area contributed by atoms with Crippen LogP contribution in [0.4, 0.5) is 11.4 Å². The zero-order chi connectivity index (χ0) is 25.4. The molecule has 5 nitrogen and oxygen atoms in total. The number of benzene rings is 3. The lowest BCUT2D eigenvalue weighted by molar-refractivity contribution is -0.118. The molecule has 1 aliphatic heterocycles. The number of halogens is 2. The van der Waals surface area contributed by atoms with E-state index in [4.69, 9.17) is 33.7 Å². The van der Waals surface area contributed by atoms with Crippen LogP contribution in [0.2, 0.25) is 10.0 Å². The summed E-state index contributed by atoms with van der Waals surface area (Å²) in [5.41, 5.74) is 11.4. The second-order valence-electron chi connectivity index (χ2n) is 9.27. The van der Waals surface area contributed by atoms with E-state index in [1.807, 2.05) is 49.4 Å². The number of hydrogen-bond acceptors (Lipinski definition) is 4. The molecule has 1 saturated carbocycles. The number of carbonyl (C=O) groups excluding carboxylic acids is 2. The third-order valence-corrected chi connectivity index (χ3v) is 7.26. The standard InChI is InChI=1S/C29H26Cl2N2O3/c1-17-5-10-20(11-6-17)33-25-13-12-21(15-19(25)9-14-26(33)34)36-16-22(29(35)18-7-8-18)28(32)27-23(30)3-2-4-24(27)31/h2-6,10-13,15,18H,7-9,14,16,32H2,1H3. The molecule has 0 atom stereocenters. The molecule has 0 bridgehead atoms. The van der Waals surface area contributed by atoms with Gasteiger partial charge in [-0.15, -0.1) is 0 Å². The monoisotopic (exact) mass is 520 g/mol. The zero-order valence-corrected chi connectivity index (χ0v) is 21.4. The van der Waals surface area contributed by atoms with E-state index in [1.165, 1.54) is 0 Å². The van der Waals surface area contributed by atoms with Crippen molar-refractivity contribution < 1.29 is 14.3 Å². The summed E-state index contributed by atoms with van der Waals surface area (Å²) < 4.78 is 6.09. The lowest BCUT2D eigenvalue weighted by Gasteiger charge is -2.30. The third kappa shape index (κ3) is 4.86. The number of hydrogen-bond donors (Lipinski definition) is 1. The van der Waals surface area contributed by atoms with Crippen molar-refractivity contribution >= 4 is 52.0 Å². The third-order valence-electron chi connectivity index (χ3n) is 6.63. The second-order valence-corrected chi connectivity index (χ2v) is 10.1. The smallest absolute Gasteiger partial charge is 0.231 e. The number of aryl methyl sites for hydroxylation is 2. The summed E-state index contributed by atoms with van der Waals surface area (Å²) in [6.07, 6.45) is 2.71. The van der Waals surface area contributed by atoms with Crippen molar-refractivity contribution in [2.24, 2.45) is 11.7 Å². The fourth-order valence-corrected chi connectivity index (χ4v) is 5.07. The van der Waals surface area contributed by atoms with Crippen LogP contribution in [0, 0.1) is 12.8 Å². The molecule has 36 heavy (non-hydrogen) atoms. The first kappa shape index (κ1) is 24.4. The van der Waals surface area contributed by atoms with Crippen molar-refractivity contribution in [2.45, 2.75) is 32.6 Å². The first-order valence-corrected chi connectivity index (χ1v) is 12.7. The van der Waals surface area contributed by atoms with E-state index in [-0.39, 0.29) is 29.9 Å². The minimum Gasteiger partial charge on any atom is -0.489 e. The van der Waals surface area contributed by atoms with E-state index < -0.39 is 0 Å². The predicted molar refractivity (Wildman–Crippen MR) is 144 cm³/mol. The molecule has 3 aromatic carbocycles. The molecule has 0 spiro atoms. The number of Topliss-reactive ketones (excluding diaryl/α,β-unsaturated/α-hetero) is 1. The normalized spacial score (nSPS) is 15.9. The van der Waals surface area contributed by atoms with Crippen molar-refractivity contribution in [3.05, 3.63) is 93.0 Å². The Balaban J connectivity index is 1.43. The number of amides is 1. The van der Waals surface area contributed by atoms with Crippen LogP contribution < -0.4 is 15.4 Å². The fourth-order valence-electron chi connectivity index (χ4n) is 4.47. The number of ether oxygens (including phenoxy) is 1. The molecule has 1 aliphatic carbocycles. The first-order chi connectivity index (χ1) is 17.3. The highest BCUT2D eigenvalue weighted by Gasteiger charge is 2.34. The number of carbonyl (C=O) groups is 2. The largest absolute Gasteiger partial charge is 0.489 e. The maximum Gasteiger partial charge on any atom is 0.231 e. The van der Waals surface area contributed by atoms with Gasteiger partial charge in [0.15, 0.2) is 5.78 Å². The highest BCUT2D eigenvalue weighted by Crippen LogP contribution is 2.38. The van der Waals surface area contributed by atoms with Gasteiger partial charge in [0, 0.05) is 23.6 Å². The van der Waals surface area contributed by atoms with Crippen LogP contribution in [-0.2, 0) is 16.0 Å². The Bertz CT molecular complexity index is 1360. The second kappa shape index (κ2) is 10.00. The molecular formula is C29H26Cl2N2O3. The van der Waals surface area contributed by atoms with Gasteiger partial charge in [0.1, 0.15) is 12.4 Å². The average molecular weight is 521 g/mol. The minimum atomic E-state index is -0.0407. The Hall–Kier alpha value is -3.28. The highest BCUT2D eigenvalue weighted by molar-refractivity contribution is 6.37. The van der Waals surface area contributed by atoms with Gasteiger partial charge < -0.3 is 10.5 Å². The fraction of sp³-hybridized carbons (Fsp3) is 0.241. The number of nitrogens with two attached hydrogens (primary N) is 1. The van der Waals surface area contributed by atoms with Gasteiger partial charge in [-0.2, -0.15) is 0 Å². The van der Waals surface area contributed by atoms with Gasteiger partial charge in [-0.1, -0.05) is 47.0 Å². The van der Waals surface area contributed by atoms with E-state index in [1.54, 1.807) is 23.1 Å². The summed E-state index contributed by atoms with van der Waals surface area (Å²) in [5.74, 6) is 0.592. The van der Waals surface area contributed by atoms with Gasteiger partial charge >= 0.3 is 0 Å². The van der Waals surface area contributed by atoms with Crippen LogP contribution in [0.5, 0.6) is 5.75 Å². The van der Waals surface area contributed by atoms with Crippen LogP contribution in [0.3, 0.4) is 0 Å². The van der Waals surface area contributed by atoms with E-state index in [9.17, 15) is 9.59 Å². The van der Waals surface area contributed by atoms with Crippen molar-refractivity contribution in [3.8, 4) is 5.75 Å². The molecule has 0 radical (unpaired) electrons. The van der Waals surface area contributed by atoms with Crippen molar-refractivity contribution in [1.29, 1.82) is 0 Å². The Kier molecular flexibility index (Phi) is 6.78. The summed E-state index contributed by atoms with van der Waals surface area (Å²) in [7, 11) is 0. The lowest BCUT2D eigenvalue weighted by atomic mass is 9.99. The molecule has 0 unspecified atom stereocenters. The molecule has 0 saturated heterocycles. The molecule has 1 heterocycles. The van der Waals surface area contributed by atoms with Crippen LogP contribution in [0.25, 0.3) is 5.70 Å². The Morgan fingerprint density at radius 1 is 1.03 bits per heavy atom. The molecule has 0 aromatic heterocycles. The highest BCUT2D eigenvalue weighted by atomic mass is 35.5. The molecule has 1 fully saturated rings.